The fourth-order valence-electron chi connectivity index (χ4n) is 5.46. The molecule has 0 spiro atoms. The molecule has 1 unspecified atom stereocenters. The Morgan fingerprint density at radius 2 is 1.75 bits per heavy atom. The molecule has 134 valence electrons. The molecule has 2 aliphatic carbocycles. The third-order valence-corrected chi connectivity index (χ3v) is 6.97. The van der Waals surface area contributed by atoms with Gasteiger partial charge in [0.25, 0.3) is 0 Å². The second kappa shape index (κ2) is 6.93. The smallest absolute Gasteiger partial charge is 0.127 e. The minimum atomic E-state index is -0.525. The largest absolute Gasteiger partial charge is 0.303 e. The van der Waals surface area contributed by atoms with Crippen LogP contribution >= 0.6 is 0 Å². The summed E-state index contributed by atoms with van der Waals surface area (Å²) in [5.41, 5.74) is -0.889. The van der Waals surface area contributed by atoms with E-state index < -0.39 is 10.8 Å². The van der Waals surface area contributed by atoms with Gasteiger partial charge in [0.2, 0.25) is 0 Å². The van der Waals surface area contributed by atoms with Crippen LogP contribution in [0.1, 0.15) is 66.2 Å². The predicted molar refractivity (Wildman–Crippen MR) is 95.5 cm³/mol. The Kier molecular flexibility index (Phi) is 5.51. The Morgan fingerprint density at radius 1 is 1.04 bits per heavy atom. The average molecular weight is 332 g/mol. The summed E-state index contributed by atoms with van der Waals surface area (Å²) in [6, 6.07) is 0. The molecule has 2 aliphatic rings. The van der Waals surface area contributed by atoms with Gasteiger partial charge in [-0.05, 0) is 43.4 Å². The highest BCUT2D eigenvalue weighted by molar-refractivity contribution is 5.68. The molecule has 0 radical (unpaired) electrons. The standard InChI is InChI=1S/C21H32O3/c1-5-16(13-22)7-8-18-20(4,14-23)12-9-17-19(2,3)10-6-11-21(17,18)15-24/h7-8,13-18H,5-6,9-12H2,1-4H3/t16?,17-,18-,20-,21+/m0/s1. The molecule has 2 fully saturated rings. The lowest BCUT2D eigenvalue weighted by molar-refractivity contribution is -0.153. The van der Waals surface area contributed by atoms with E-state index in [1.165, 1.54) is 0 Å². The van der Waals surface area contributed by atoms with E-state index in [4.69, 9.17) is 0 Å². The molecule has 0 aromatic heterocycles. The first-order chi connectivity index (χ1) is 11.3. The normalized spacial score (nSPS) is 39.8. The van der Waals surface area contributed by atoms with Crippen molar-refractivity contribution < 1.29 is 14.4 Å². The fraction of sp³-hybridized carbons (Fsp3) is 0.762. The number of carbonyl (C=O) groups excluding carboxylic acids is 3. The van der Waals surface area contributed by atoms with Gasteiger partial charge in [0, 0.05) is 22.7 Å². The summed E-state index contributed by atoms with van der Waals surface area (Å²) in [7, 11) is 0. The van der Waals surface area contributed by atoms with E-state index in [0.29, 0.717) is 5.92 Å². The Labute approximate surface area is 146 Å². The van der Waals surface area contributed by atoms with Crippen LogP contribution in [0.4, 0.5) is 0 Å². The molecule has 2 rings (SSSR count). The van der Waals surface area contributed by atoms with Crippen LogP contribution < -0.4 is 0 Å². The van der Waals surface area contributed by atoms with Crippen molar-refractivity contribution in [3.8, 4) is 0 Å². The van der Waals surface area contributed by atoms with Crippen molar-refractivity contribution in [2.24, 2.45) is 34.0 Å². The zero-order valence-electron chi connectivity index (χ0n) is 15.6. The third-order valence-electron chi connectivity index (χ3n) is 6.97. The Morgan fingerprint density at radius 3 is 2.29 bits per heavy atom. The van der Waals surface area contributed by atoms with Gasteiger partial charge in [-0.1, -0.05) is 46.3 Å². The molecular formula is C21H32O3. The molecule has 0 bridgehead atoms. The van der Waals surface area contributed by atoms with Crippen LogP contribution in [0.25, 0.3) is 0 Å². The first-order valence-electron chi connectivity index (χ1n) is 9.36. The van der Waals surface area contributed by atoms with Crippen LogP contribution in [0.2, 0.25) is 0 Å². The first kappa shape index (κ1) is 19.1. The summed E-state index contributed by atoms with van der Waals surface area (Å²) < 4.78 is 0. The quantitative estimate of drug-likeness (QED) is 0.535. The lowest BCUT2D eigenvalue weighted by Gasteiger charge is -2.59. The molecule has 0 aromatic carbocycles. The summed E-state index contributed by atoms with van der Waals surface area (Å²) in [5, 5.41) is 0. The highest BCUT2D eigenvalue weighted by Gasteiger charge is 2.60. The number of aldehydes is 3. The first-order valence-corrected chi connectivity index (χ1v) is 9.36. The monoisotopic (exact) mass is 332 g/mol. The minimum absolute atomic E-state index is 0.115. The maximum atomic E-state index is 12.4. The number of carbonyl (C=O) groups is 3. The highest BCUT2D eigenvalue weighted by atomic mass is 16.1. The van der Waals surface area contributed by atoms with Gasteiger partial charge in [-0.25, -0.2) is 0 Å². The molecule has 0 heterocycles. The van der Waals surface area contributed by atoms with Gasteiger partial charge in [-0.3, -0.25) is 0 Å². The number of allylic oxidation sites excluding steroid dienone is 2. The molecule has 0 aliphatic heterocycles. The summed E-state index contributed by atoms with van der Waals surface area (Å²) in [5.74, 6) is 0.0455. The van der Waals surface area contributed by atoms with Crippen LogP contribution in [0.3, 0.4) is 0 Å². The Bertz CT molecular complexity index is 521. The molecule has 3 nitrogen and oxygen atoms in total. The Balaban J connectivity index is 2.51. The van der Waals surface area contributed by atoms with Crippen molar-refractivity contribution in [3.63, 3.8) is 0 Å². The highest BCUT2D eigenvalue weighted by Crippen LogP contribution is 2.63. The van der Waals surface area contributed by atoms with Crippen LogP contribution in [-0.4, -0.2) is 18.9 Å². The van der Waals surface area contributed by atoms with Crippen molar-refractivity contribution in [1.29, 1.82) is 0 Å². The molecule has 24 heavy (non-hydrogen) atoms. The number of hydrogen-bond acceptors (Lipinski definition) is 3. The zero-order valence-corrected chi connectivity index (χ0v) is 15.6. The molecule has 0 aromatic rings. The molecule has 5 atom stereocenters. The molecule has 0 amide bonds. The number of fused-ring (bicyclic) bond motifs is 1. The van der Waals surface area contributed by atoms with Crippen LogP contribution in [0, 0.1) is 34.0 Å². The maximum Gasteiger partial charge on any atom is 0.127 e. The molecule has 3 heteroatoms. The maximum absolute atomic E-state index is 12.4. The van der Waals surface area contributed by atoms with Gasteiger partial charge in [-0.2, -0.15) is 0 Å². The number of hydrogen-bond donors (Lipinski definition) is 0. The van der Waals surface area contributed by atoms with E-state index in [0.717, 1.165) is 57.4 Å². The molecular weight excluding hydrogens is 300 g/mol. The van der Waals surface area contributed by atoms with E-state index in [1.807, 2.05) is 26.0 Å². The lowest BCUT2D eigenvalue weighted by Crippen LogP contribution is -2.57. The summed E-state index contributed by atoms with van der Waals surface area (Å²) in [6.07, 6.45) is 12.6. The summed E-state index contributed by atoms with van der Waals surface area (Å²) in [6.45, 7) is 8.49. The van der Waals surface area contributed by atoms with Crippen molar-refractivity contribution in [3.05, 3.63) is 12.2 Å². The summed E-state index contributed by atoms with van der Waals surface area (Å²) in [4.78, 5) is 35.5. The number of rotatable bonds is 6. The van der Waals surface area contributed by atoms with Crippen molar-refractivity contribution in [2.75, 3.05) is 0 Å². The van der Waals surface area contributed by atoms with Gasteiger partial charge >= 0.3 is 0 Å². The van der Waals surface area contributed by atoms with Crippen molar-refractivity contribution >= 4 is 18.9 Å². The van der Waals surface area contributed by atoms with Crippen LogP contribution in [0.15, 0.2) is 12.2 Å². The topological polar surface area (TPSA) is 51.2 Å². The SMILES string of the molecule is CCC(C=O)C=C[C@@H]1[C@@]2(C=O)CCCC(C)(C)[C@@H]2CC[C@@]1(C)C=O. The minimum Gasteiger partial charge on any atom is -0.303 e. The van der Waals surface area contributed by atoms with Gasteiger partial charge in [-0.15, -0.1) is 0 Å². The zero-order chi connectivity index (χ0) is 18.0. The van der Waals surface area contributed by atoms with Crippen LogP contribution in [-0.2, 0) is 14.4 Å². The Hall–Kier alpha value is -1.25. The van der Waals surface area contributed by atoms with Gasteiger partial charge in [0.1, 0.15) is 18.9 Å². The lowest BCUT2D eigenvalue weighted by atomic mass is 9.43. The average Bonchev–Trinajstić information content (AvgIpc) is 2.56. The second-order valence-electron chi connectivity index (χ2n) is 8.86. The van der Waals surface area contributed by atoms with Gasteiger partial charge < -0.3 is 14.4 Å². The van der Waals surface area contributed by atoms with E-state index in [-0.39, 0.29) is 17.3 Å². The van der Waals surface area contributed by atoms with Gasteiger partial charge in [0.05, 0.1) is 0 Å². The van der Waals surface area contributed by atoms with E-state index in [2.05, 4.69) is 13.8 Å². The van der Waals surface area contributed by atoms with E-state index in [1.54, 1.807) is 0 Å². The predicted octanol–water partition coefficient (Wildman–Crippen LogP) is 4.39. The summed E-state index contributed by atoms with van der Waals surface area (Å²) >= 11 is 0. The fourth-order valence-corrected chi connectivity index (χ4v) is 5.46. The van der Waals surface area contributed by atoms with Crippen LogP contribution in [0.5, 0.6) is 0 Å². The van der Waals surface area contributed by atoms with E-state index >= 15 is 0 Å². The molecule has 0 saturated heterocycles. The van der Waals surface area contributed by atoms with Crippen molar-refractivity contribution in [2.45, 2.75) is 66.2 Å². The second-order valence-corrected chi connectivity index (χ2v) is 8.86. The van der Waals surface area contributed by atoms with Crippen molar-refractivity contribution in [1.82, 2.24) is 0 Å². The van der Waals surface area contributed by atoms with E-state index in [9.17, 15) is 14.4 Å². The molecule has 2 saturated carbocycles. The van der Waals surface area contributed by atoms with Gasteiger partial charge in [0.15, 0.2) is 0 Å². The third kappa shape index (κ3) is 3.02. The molecule has 0 N–H and O–H groups in total.